The first-order valence-electron chi connectivity index (χ1n) is 8.69. The minimum absolute atomic E-state index is 0.0268. The molecule has 0 spiro atoms. The van der Waals surface area contributed by atoms with Crippen molar-refractivity contribution >= 4 is 21.6 Å². The standard InChI is InChI=1S/C20H24N2O3S/c1-13-5-6-14(2)19(11-13)15(3)21-26(24,25)18-7-8-20-17(12-18)9-10-22(20)16(4)23/h5-8,11-12,15,21H,9-10H2,1-4H3. The summed E-state index contributed by atoms with van der Waals surface area (Å²) in [6.45, 7) is 7.94. The number of nitrogens with one attached hydrogen (secondary N) is 1. The zero-order chi connectivity index (χ0) is 19.1. The SMILES string of the molecule is CC(=O)N1CCc2cc(S(=O)(=O)NC(C)c3cc(C)ccc3C)ccc21. The Morgan fingerprint density at radius 3 is 2.58 bits per heavy atom. The minimum atomic E-state index is -3.65. The van der Waals surface area contributed by atoms with Crippen LogP contribution in [0.15, 0.2) is 41.3 Å². The van der Waals surface area contributed by atoms with Gasteiger partial charge in [-0.2, -0.15) is 0 Å². The molecule has 2 aromatic rings. The van der Waals surface area contributed by atoms with E-state index in [0.29, 0.717) is 13.0 Å². The van der Waals surface area contributed by atoms with E-state index in [1.165, 1.54) is 6.92 Å². The molecule has 1 amide bonds. The molecule has 26 heavy (non-hydrogen) atoms. The Kier molecular flexibility index (Phi) is 4.90. The summed E-state index contributed by atoms with van der Waals surface area (Å²) in [5.74, 6) is -0.0268. The van der Waals surface area contributed by atoms with Gasteiger partial charge in [-0.15, -0.1) is 0 Å². The van der Waals surface area contributed by atoms with Gasteiger partial charge in [0.1, 0.15) is 0 Å². The van der Waals surface area contributed by atoms with Crippen LogP contribution in [0.5, 0.6) is 0 Å². The number of carbonyl (C=O) groups excluding carboxylic acids is 1. The summed E-state index contributed by atoms with van der Waals surface area (Å²) in [6, 6.07) is 10.7. The van der Waals surface area contributed by atoms with Crippen LogP contribution in [0.25, 0.3) is 0 Å². The molecule has 0 bridgehead atoms. The number of amides is 1. The molecule has 1 aliphatic heterocycles. The zero-order valence-electron chi connectivity index (χ0n) is 15.5. The Bertz CT molecular complexity index is 967. The van der Waals surface area contributed by atoms with Gasteiger partial charge in [-0.25, -0.2) is 13.1 Å². The highest BCUT2D eigenvalue weighted by Crippen LogP contribution is 2.31. The van der Waals surface area contributed by atoms with Crippen molar-refractivity contribution in [3.8, 4) is 0 Å². The zero-order valence-corrected chi connectivity index (χ0v) is 16.4. The topological polar surface area (TPSA) is 66.5 Å². The summed E-state index contributed by atoms with van der Waals surface area (Å²) in [6.07, 6.45) is 0.671. The highest BCUT2D eigenvalue weighted by atomic mass is 32.2. The molecule has 1 N–H and O–H groups in total. The number of rotatable bonds is 4. The van der Waals surface area contributed by atoms with Crippen LogP contribution in [0, 0.1) is 13.8 Å². The highest BCUT2D eigenvalue weighted by Gasteiger charge is 2.26. The molecule has 3 rings (SSSR count). The lowest BCUT2D eigenvalue weighted by Crippen LogP contribution is -2.27. The lowest BCUT2D eigenvalue weighted by atomic mass is 10.0. The minimum Gasteiger partial charge on any atom is -0.312 e. The fourth-order valence-corrected chi connectivity index (χ4v) is 4.74. The fourth-order valence-electron chi connectivity index (χ4n) is 3.46. The van der Waals surface area contributed by atoms with E-state index in [-0.39, 0.29) is 16.8 Å². The van der Waals surface area contributed by atoms with Crippen LogP contribution < -0.4 is 9.62 Å². The van der Waals surface area contributed by atoms with Crippen molar-refractivity contribution in [1.82, 2.24) is 4.72 Å². The summed E-state index contributed by atoms with van der Waals surface area (Å²) >= 11 is 0. The molecule has 5 nitrogen and oxygen atoms in total. The van der Waals surface area contributed by atoms with Gasteiger partial charge in [-0.1, -0.05) is 23.8 Å². The smallest absolute Gasteiger partial charge is 0.241 e. The van der Waals surface area contributed by atoms with Crippen molar-refractivity contribution in [3.05, 3.63) is 58.7 Å². The molecule has 0 saturated carbocycles. The quantitative estimate of drug-likeness (QED) is 0.896. The Morgan fingerprint density at radius 1 is 1.15 bits per heavy atom. The summed E-state index contributed by atoms with van der Waals surface area (Å²) in [7, 11) is -3.65. The van der Waals surface area contributed by atoms with E-state index in [0.717, 1.165) is 27.9 Å². The summed E-state index contributed by atoms with van der Waals surface area (Å²) in [4.78, 5) is 13.6. The van der Waals surface area contributed by atoms with Gasteiger partial charge >= 0.3 is 0 Å². The predicted molar refractivity (Wildman–Crippen MR) is 103 cm³/mol. The molecule has 0 fully saturated rings. The predicted octanol–water partition coefficient (Wildman–Crippen LogP) is 3.25. The fraction of sp³-hybridized carbons (Fsp3) is 0.350. The van der Waals surface area contributed by atoms with Crippen molar-refractivity contribution in [2.75, 3.05) is 11.4 Å². The molecule has 6 heteroatoms. The number of nitrogens with zero attached hydrogens (tertiary/aromatic N) is 1. The van der Waals surface area contributed by atoms with Gasteiger partial charge in [0.2, 0.25) is 15.9 Å². The first-order chi connectivity index (χ1) is 12.2. The molecule has 1 aliphatic rings. The first kappa shape index (κ1) is 18.6. The molecular formula is C20H24N2O3S. The maximum Gasteiger partial charge on any atom is 0.241 e. The largest absolute Gasteiger partial charge is 0.312 e. The second-order valence-corrected chi connectivity index (χ2v) is 8.63. The number of fused-ring (bicyclic) bond motifs is 1. The Hall–Kier alpha value is -2.18. The van der Waals surface area contributed by atoms with Crippen LogP contribution >= 0.6 is 0 Å². The molecule has 0 aliphatic carbocycles. The van der Waals surface area contributed by atoms with Crippen LogP contribution in [0.3, 0.4) is 0 Å². The van der Waals surface area contributed by atoms with Crippen molar-refractivity contribution < 1.29 is 13.2 Å². The van der Waals surface area contributed by atoms with E-state index < -0.39 is 10.0 Å². The molecule has 0 aromatic heterocycles. The van der Waals surface area contributed by atoms with Crippen molar-refractivity contribution in [1.29, 1.82) is 0 Å². The van der Waals surface area contributed by atoms with Gasteiger partial charge in [0.15, 0.2) is 0 Å². The second-order valence-electron chi connectivity index (χ2n) is 6.91. The van der Waals surface area contributed by atoms with Crippen molar-refractivity contribution in [3.63, 3.8) is 0 Å². The molecule has 1 heterocycles. The molecular weight excluding hydrogens is 348 g/mol. The van der Waals surface area contributed by atoms with E-state index >= 15 is 0 Å². The third-order valence-corrected chi connectivity index (χ3v) is 6.41. The molecule has 1 unspecified atom stereocenters. The number of aryl methyl sites for hydroxylation is 2. The van der Waals surface area contributed by atoms with E-state index in [4.69, 9.17) is 0 Å². The molecule has 0 saturated heterocycles. The number of anilines is 1. The number of sulfonamides is 1. The number of carbonyl (C=O) groups is 1. The van der Waals surface area contributed by atoms with E-state index in [1.54, 1.807) is 23.1 Å². The van der Waals surface area contributed by atoms with Gasteiger partial charge in [-0.3, -0.25) is 4.79 Å². The summed E-state index contributed by atoms with van der Waals surface area (Å²) in [5.41, 5.74) is 4.81. The second kappa shape index (κ2) is 6.85. The van der Waals surface area contributed by atoms with Gasteiger partial charge < -0.3 is 4.90 Å². The summed E-state index contributed by atoms with van der Waals surface area (Å²) in [5, 5.41) is 0. The average molecular weight is 372 g/mol. The normalized spacial score (nSPS) is 15.0. The highest BCUT2D eigenvalue weighted by molar-refractivity contribution is 7.89. The first-order valence-corrected chi connectivity index (χ1v) is 10.2. The Labute approximate surface area is 155 Å². The lowest BCUT2D eigenvalue weighted by molar-refractivity contribution is -0.116. The van der Waals surface area contributed by atoms with Gasteiger partial charge in [-0.05, 0) is 62.1 Å². The molecule has 1 atom stereocenters. The number of hydrogen-bond acceptors (Lipinski definition) is 3. The Balaban J connectivity index is 1.87. The molecule has 0 radical (unpaired) electrons. The van der Waals surface area contributed by atoms with E-state index in [9.17, 15) is 13.2 Å². The van der Waals surface area contributed by atoms with Crippen LogP contribution in [0.2, 0.25) is 0 Å². The van der Waals surface area contributed by atoms with Crippen LogP contribution in [-0.2, 0) is 21.2 Å². The molecule has 138 valence electrons. The average Bonchev–Trinajstić information content (AvgIpc) is 3.00. The maximum atomic E-state index is 12.8. The Morgan fingerprint density at radius 2 is 1.88 bits per heavy atom. The van der Waals surface area contributed by atoms with Gasteiger partial charge in [0, 0.05) is 25.2 Å². The third kappa shape index (κ3) is 3.52. The number of benzene rings is 2. The number of hydrogen-bond donors (Lipinski definition) is 1. The monoisotopic (exact) mass is 372 g/mol. The van der Waals surface area contributed by atoms with Crippen LogP contribution in [0.4, 0.5) is 5.69 Å². The summed E-state index contributed by atoms with van der Waals surface area (Å²) < 4.78 is 28.4. The van der Waals surface area contributed by atoms with Crippen LogP contribution in [-0.4, -0.2) is 20.9 Å². The van der Waals surface area contributed by atoms with Gasteiger partial charge in [0.25, 0.3) is 0 Å². The molecule has 2 aromatic carbocycles. The van der Waals surface area contributed by atoms with E-state index in [1.807, 2.05) is 39.0 Å². The van der Waals surface area contributed by atoms with Gasteiger partial charge in [0.05, 0.1) is 4.90 Å². The van der Waals surface area contributed by atoms with E-state index in [2.05, 4.69) is 4.72 Å². The van der Waals surface area contributed by atoms with Crippen molar-refractivity contribution in [2.24, 2.45) is 0 Å². The van der Waals surface area contributed by atoms with Crippen molar-refractivity contribution in [2.45, 2.75) is 45.1 Å². The lowest BCUT2D eigenvalue weighted by Gasteiger charge is -2.18. The third-order valence-electron chi connectivity index (χ3n) is 4.87. The van der Waals surface area contributed by atoms with Crippen LogP contribution in [0.1, 0.15) is 42.1 Å². The maximum absolute atomic E-state index is 12.8.